The Labute approximate surface area is 97.1 Å². The highest BCUT2D eigenvalue weighted by atomic mass is 32.2. The first-order valence-electron chi connectivity index (χ1n) is 5.74. The van der Waals surface area contributed by atoms with Crippen LogP contribution in [-0.4, -0.2) is 16.4 Å². The number of rotatable bonds is 4. The number of allylic oxidation sites excluding steroid dienone is 4. The van der Waals surface area contributed by atoms with Crippen molar-refractivity contribution in [2.75, 3.05) is 5.75 Å². The monoisotopic (exact) mass is 246 g/mol. The molecule has 0 radical (unpaired) electrons. The molecule has 3 atom stereocenters. The molecule has 3 aliphatic carbocycles. The van der Waals surface area contributed by atoms with Gasteiger partial charge in [-0.15, -0.1) is 0 Å². The lowest BCUT2D eigenvalue weighted by atomic mass is 9.76. The average Bonchev–Trinajstić information content (AvgIpc) is 2.29. The van der Waals surface area contributed by atoms with E-state index in [4.69, 9.17) is 0 Å². The summed E-state index contributed by atoms with van der Waals surface area (Å²) in [6.07, 6.45) is 3.81. The summed E-state index contributed by atoms with van der Waals surface area (Å²) in [7, 11) is -1.21. The Morgan fingerprint density at radius 1 is 1.38 bits per heavy atom. The molecule has 0 fully saturated rings. The van der Waals surface area contributed by atoms with E-state index in [0.29, 0.717) is 10.7 Å². The lowest BCUT2D eigenvalue weighted by molar-refractivity contribution is 0.170. The van der Waals surface area contributed by atoms with E-state index in [0.717, 1.165) is 19.3 Å². The van der Waals surface area contributed by atoms with Gasteiger partial charge < -0.3 is 0 Å². The molecule has 3 aliphatic rings. The van der Waals surface area contributed by atoms with Crippen LogP contribution in [-0.2, 0) is 10.8 Å². The summed E-state index contributed by atoms with van der Waals surface area (Å²) in [6.45, 7) is 1.93. The lowest BCUT2D eigenvalue weighted by Gasteiger charge is -2.35. The van der Waals surface area contributed by atoms with Gasteiger partial charge in [0.25, 0.3) is 6.43 Å². The second-order valence-corrected chi connectivity index (χ2v) is 5.88. The van der Waals surface area contributed by atoms with Crippen LogP contribution in [0.2, 0.25) is 0 Å². The zero-order valence-electron chi connectivity index (χ0n) is 9.29. The summed E-state index contributed by atoms with van der Waals surface area (Å²) < 4.78 is 38.0. The Balaban J connectivity index is 2.36. The Bertz CT molecular complexity index is 360. The predicted octanol–water partition coefficient (Wildman–Crippen LogP) is 3.26. The smallest absolute Gasteiger partial charge is 0.255 e. The number of alkyl halides is 2. The number of hydrogen-bond acceptors (Lipinski definition) is 1. The number of fused-ring (bicyclic) bond motifs is 1. The second-order valence-electron chi connectivity index (χ2n) is 4.35. The van der Waals surface area contributed by atoms with Crippen LogP contribution < -0.4 is 0 Å². The van der Waals surface area contributed by atoms with Crippen molar-refractivity contribution in [2.45, 2.75) is 32.6 Å². The molecule has 2 bridgehead atoms. The third-order valence-corrected chi connectivity index (χ3v) is 5.06. The van der Waals surface area contributed by atoms with Crippen LogP contribution in [0.3, 0.4) is 0 Å². The highest BCUT2D eigenvalue weighted by molar-refractivity contribution is 7.89. The van der Waals surface area contributed by atoms with Crippen molar-refractivity contribution in [1.29, 1.82) is 0 Å². The van der Waals surface area contributed by atoms with Crippen LogP contribution in [0.25, 0.3) is 0 Å². The van der Waals surface area contributed by atoms with Crippen LogP contribution in [0.15, 0.2) is 22.6 Å². The van der Waals surface area contributed by atoms with Crippen molar-refractivity contribution in [3.63, 3.8) is 0 Å². The minimum absolute atomic E-state index is 0.00128. The summed E-state index contributed by atoms with van der Waals surface area (Å²) in [5.41, 5.74) is 0.158. The Morgan fingerprint density at radius 3 is 2.50 bits per heavy atom. The Morgan fingerprint density at radius 2 is 2.00 bits per heavy atom. The molecule has 0 heterocycles. The van der Waals surface area contributed by atoms with Crippen LogP contribution in [0.4, 0.5) is 8.78 Å². The molecule has 0 spiro atoms. The fourth-order valence-corrected chi connectivity index (χ4v) is 4.19. The lowest BCUT2D eigenvalue weighted by Crippen LogP contribution is -2.28. The van der Waals surface area contributed by atoms with Gasteiger partial charge in [-0.3, -0.25) is 4.21 Å². The third-order valence-electron chi connectivity index (χ3n) is 3.26. The van der Waals surface area contributed by atoms with Crippen LogP contribution in [0.5, 0.6) is 0 Å². The Hall–Kier alpha value is -0.510. The van der Waals surface area contributed by atoms with E-state index in [9.17, 15) is 13.0 Å². The minimum atomic E-state index is -2.45. The van der Waals surface area contributed by atoms with E-state index in [1.165, 1.54) is 0 Å². The van der Waals surface area contributed by atoms with Crippen molar-refractivity contribution in [1.82, 2.24) is 0 Å². The molecule has 0 saturated heterocycles. The first-order valence-corrected chi connectivity index (χ1v) is 7.05. The maximum atomic E-state index is 13.0. The molecule has 0 aromatic rings. The maximum absolute atomic E-state index is 13.0. The molecule has 3 unspecified atom stereocenters. The van der Waals surface area contributed by atoms with Crippen molar-refractivity contribution in [3.05, 3.63) is 22.6 Å². The van der Waals surface area contributed by atoms with Crippen molar-refractivity contribution in [3.8, 4) is 0 Å². The molecule has 0 N–H and O–H groups in total. The molecule has 3 rings (SSSR count). The summed E-state index contributed by atoms with van der Waals surface area (Å²) in [6, 6.07) is 0. The van der Waals surface area contributed by atoms with Crippen molar-refractivity contribution >= 4 is 10.8 Å². The SMILES string of the molecule is CCCS(=O)C1=C(C(F)F)C2C=CC1CC2. The zero-order chi connectivity index (χ0) is 11.7. The van der Waals surface area contributed by atoms with Gasteiger partial charge in [0.1, 0.15) is 0 Å². The van der Waals surface area contributed by atoms with Crippen LogP contribution >= 0.6 is 0 Å². The normalized spacial score (nSPS) is 30.2. The fraction of sp³-hybridized carbons (Fsp3) is 0.667. The molecule has 0 aliphatic heterocycles. The Kier molecular flexibility index (Phi) is 3.57. The van der Waals surface area contributed by atoms with Gasteiger partial charge in [-0.2, -0.15) is 0 Å². The first-order chi connectivity index (χ1) is 7.65. The van der Waals surface area contributed by atoms with Crippen molar-refractivity contribution < 1.29 is 13.0 Å². The molecular weight excluding hydrogens is 230 g/mol. The molecule has 16 heavy (non-hydrogen) atoms. The van der Waals surface area contributed by atoms with E-state index in [2.05, 4.69) is 0 Å². The number of halogens is 2. The standard InChI is InChI=1S/C12H16F2OS/c1-2-7-16(15)11-9-5-3-8(4-6-9)10(11)12(13)14/h3,5,8-9,12H,2,4,6-7H2,1H3. The third kappa shape index (κ3) is 1.99. The van der Waals surface area contributed by atoms with E-state index in [1.807, 2.05) is 19.1 Å². The van der Waals surface area contributed by atoms with Gasteiger partial charge in [0, 0.05) is 38.9 Å². The molecular formula is C12H16F2OS. The highest BCUT2D eigenvalue weighted by Crippen LogP contribution is 2.44. The summed E-state index contributed by atoms with van der Waals surface area (Å²) in [5.74, 6) is 0.338. The summed E-state index contributed by atoms with van der Waals surface area (Å²) in [4.78, 5) is 0.538. The molecule has 0 amide bonds. The van der Waals surface area contributed by atoms with Crippen LogP contribution in [0, 0.1) is 11.8 Å². The predicted molar refractivity (Wildman–Crippen MR) is 61.7 cm³/mol. The molecule has 0 aromatic heterocycles. The van der Waals surface area contributed by atoms with Gasteiger partial charge in [0.05, 0.1) is 0 Å². The molecule has 1 nitrogen and oxygen atoms in total. The fourth-order valence-electron chi connectivity index (χ4n) is 2.56. The molecule has 0 aromatic carbocycles. The van der Waals surface area contributed by atoms with E-state index >= 15 is 0 Å². The maximum Gasteiger partial charge on any atom is 0.261 e. The van der Waals surface area contributed by atoms with Crippen LogP contribution in [0.1, 0.15) is 26.2 Å². The first kappa shape index (κ1) is 12.0. The minimum Gasteiger partial charge on any atom is -0.255 e. The molecule has 4 heteroatoms. The molecule has 90 valence electrons. The average molecular weight is 246 g/mol. The van der Waals surface area contributed by atoms with E-state index in [1.54, 1.807) is 0 Å². The quantitative estimate of drug-likeness (QED) is 0.696. The van der Waals surface area contributed by atoms with Gasteiger partial charge in [0.15, 0.2) is 0 Å². The second kappa shape index (κ2) is 4.78. The summed E-state index contributed by atoms with van der Waals surface area (Å²) in [5, 5.41) is 0. The number of hydrogen-bond donors (Lipinski definition) is 0. The van der Waals surface area contributed by atoms with Gasteiger partial charge in [-0.05, 0) is 19.3 Å². The zero-order valence-corrected chi connectivity index (χ0v) is 10.1. The summed E-state index contributed by atoms with van der Waals surface area (Å²) >= 11 is 0. The van der Waals surface area contributed by atoms with E-state index < -0.39 is 17.2 Å². The van der Waals surface area contributed by atoms with Gasteiger partial charge in [-0.25, -0.2) is 8.78 Å². The largest absolute Gasteiger partial charge is 0.261 e. The van der Waals surface area contributed by atoms with Gasteiger partial charge in [-0.1, -0.05) is 19.1 Å². The van der Waals surface area contributed by atoms with Gasteiger partial charge >= 0.3 is 0 Å². The van der Waals surface area contributed by atoms with E-state index in [-0.39, 0.29) is 17.4 Å². The molecule has 0 saturated carbocycles. The topological polar surface area (TPSA) is 17.1 Å². The van der Waals surface area contributed by atoms with Crippen molar-refractivity contribution in [2.24, 2.45) is 11.8 Å². The highest BCUT2D eigenvalue weighted by Gasteiger charge is 2.37. The van der Waals surface area contributed by atoms with Gasteiger partial charge in [0.2, 0.25) is 0 Å².